The summed E-state index contributed by atoms with van der Waals surface area (Å²) < 4.78 is 94.6. The molecule has 11 heteroatoms. The van der Waals surface area contributed by atoms with E-state index >= 15 is 0 Å². The molecule has 0 aromatic heterocycles. The molecule has 24 heavy (non-hydrogen) atoms. The molecule has 138 valence electrons. The van der Waals surface area contributed by atoms with Gasteiger partial charge >= 0.3 is 18.3 Å². The fraction of sp³-hybridized carbons (Fsp3) is 0.462. The maximum atomic E-state index is 13.8. The predicted molar refractivity (Wildman–Crippen MR) is 72.2 cm³/mol. The van der Waals surface area contributed by atoms with E-state index in [9.17, 15) is 35.5 Å². The summed E-state index contributed by atoms with van der Waals surface area (Å²) >= 11 is 0. The molecule has 0 saturated heterocycles. The van der Waals surface area contributed by atoms with E-state index in [1.165, 1.54) is 6.92 Å². The van der Waals surface area contributed by atoms with Crippen LogP contribution < -0.4 is 5.73 Å². The minimum atomic E-state index is -5.06. The van der Waals surface area contributed by atoms with Crippen molar-refractivity contribution >= 4 is 18.4 Å². The van der Waals surface area contributed by atoms with Crippen molar-refractivity contribution in [3.63, 3.8) is 0 Å². The van der Waals surface area contributed by atoms with Gasteiger partial charge in [-0.2, -0.15) is 26.3 Å². The van der Waals surface area contributed by atoms with E-state index in [1.54, 1.807) is 0 Å². The number of carbonyl (C=O) groups is 1. The lowest BCUT2D eigenvalue weighted by Crippen LogP contribution is -2.33. The molecule has 1 aromatic carbocycles. The summed E-state index contributed by atoms with van der Waals surface area (Å²) in [4.78, 5) is 11.2. The van der Waals surface area contributed by atoms with Crippen molar-refractivity contribution in [2.45, 2.75) is 31.5 Å². The molecule has 2 atom stereocenters. The van der Waals surface area contributed by atoms with Gasteiger partial charge in [0.15, 0.2) is 0 Å². The topological polar surface area (TPSA) is 52.3 Å². The summed E-state index contributed by atoms with van der Waals surface area (Å²) in [5.41, 5.74) is 1.07. The maximum Gasteiger partial charge on any atom is 0.416 e. The summed E-state index contributed by atoms with van der Waals surface area (Å²) in [6.07, 6.45) is -12.8. The smallest absolute Gasteiger partial charge is 0.416 e. The van der Waals surface area contributed by atoms with Gasteiger partial charge in [0, 0.05) is 0 Å². The van der Waals surface area contributed by atoms with Crippen LogP contribution in [-0.2, 0) is 21.9 Å². The molecule has 0 fully saturated rings. The number of rotatable bonds is 4. The minimum Gasteiger partial charge on any atom is -0.464 e. The van der Waals surface area contributed by atoms with E-state index in [0.29, 0.717) is 0 Å². The monoisotopic (exact) mass is 383 g/mol. The van der Waals surface area contributed by atoms with Crippen LogP contribution in [0.3, 0.4) is 0 Å². The summed E-state index contributed by atoms with van der Waals surface area (Å²) in [6.45, 7) is 1.06. The highest BCUT2D eigenvalue weighted by Crippen LogP contribution is 2.39. The van der Waals surface area contributed by atoms with Gasteiger partial charge in [0.25, 0.3) is 0 Å². The number of ether oxygens (including phenoxy) is 1. The van der Waals surface area contributed by atoms with E-state index in [0.717, 1.165) is 0 Å². The first kappa shape index (κ1) is 22.4. The predicted octanol–water partition coefficient (Wildman–Crippen LogP) is 4.05. The highest BCUT2D eigenvalue weighted by molar-refractivity contribution is 5.85. The Morgan fingerprint density at radius 1 is 1.17 bits per heavy atom. The van der Waals surface area contributed by atoms with E-state index in [2.05, 4.69) is 4.74 Å². The van der Waals surface area contributed by atoms with Crippen LogP contribution in [0.2, 0.25) is 0 Å². The van der Waals surface area contributed by atoms with Gasteiger partial charge in [-0.3, -0.25) is 0 Å². The second kappa shape index (κ2) is 8.02. The lowest BCUT2D eigenvalue weighted by Gasteiger charge is -2.22. The van der Waals surface area contributed by atoms with Crippen LogP contribution >= 0.6 is 12.4 Å². The molecule has 0 aliphatic rings. The summed E-state index contributed by atoms with van der Waals surface area (Å²) in [6, 6.07) is -1.82. The van der Waals surface area contributed by atoms with Crippen molar-refractivity contribution in [3.8, 4) is 0 Å². The van der Waals surface area contributed by atoms with Gasteiger partial charge in [-0.15, -0.1) is 12.4 Å². The van der Waals surface area contributed by atoms with Crippen molar-refractivity contribution < 1.29 is 40.3 Å². The lowest BCUT2D eigenvalue weighted by molar-refractivity contribution is -0.150. The maximum absolute atomic E-state index is 13.8. The Bertz CT molecular complexity index is 574. The van der Waals surface area contributed by atoms with Crippen LogP contribution in [0.15, 0.2) is 18.2 Å². The third-order valence-corrected chi connectivity index (χ3v) is 2.87. The summed E-state index contributed by atoms with van der Waals surface area (Å²) in [5.74, 6) is -1.55. The average molecular weight is 384 g/mol. The largest absolute Gasteiger partial charge is 0.464 e. The molecule has 0 amide bonds. The average Bonchev–Trinajstić information content (AvgIpc) is 2.43. The highest BCUT2D eigenvalue weighted by Gasteiger charge is 2.40. The Balaban J connectivity index is 0.00000529. The zero-order chi connectivity index (χ0) is 18.0. The number of hydrogen-bond donors (Lipinski definition) is 1. The van der Waals surface area contributed by atoms with Crippen LogP contribution in [-0.4, -0.2) is 18.7 Å². The number of alkyl halides is 7. The summed E-state index contributed by atoms with van der Waals surface area (Å²) in [5, 5.41) is 0. The first-order chi connectivity index (χ1) is 10.4. The number of halogens is 8. The third kappa shape index (κ3) is 5.23. The lowest BCUT2D eigenvalue weighted by atomic mass is 9.94. The van der Waals surface area contributed by atoms with Gasteiger partial charge in [0.1, 0.15) is 0 Å². The fourth-order valence-electron chi connectivity index (χ4n) is 1.80. The fourth-order valence-corrected chi connectivity index (χ4v) is 1.80. The van der Waals surface area contributed by atoms with E-state index in [-0.39, 0.29) is 37.2 Å². The van der Waals surface area contributed by atoms with Crippen molar-refractivity contribution in [1.82, 2.24) is 0 Å². The molecule has 0 saturated carbocycles. The number of benzene rings is 1. The molecule has 3 nitrogen and oxygen atoms in total. The molecular formula is C13H13ClF7NO2. The van der Waals surface area contributed by atoms with Crippen LogP contribution in [0.4, 0.5) is 30.7 Å². The second-order valence-electron chi connectivity index (χ2n) is 4.48. The number of hydrogen-bond acceptors (Lipinski definition) is 3. The second-order valence-corrected chi connectivity index (χ2v) is 4.48. The number of esters is 1. The molecular weight excluding hydrogens is 371 g/mol. The van der Waals surface area contributed by atoms with Gasteiger partial charge in [0.2, 0.25) is 6.17 Å². The SMILES string of the molecule is CCOC(=O)C(F)[C@@H](N)c1cc(C(F)(F)F)ccc1C(F)(F)F.Cl. The highest BCUT2D eigenvalue weighted by atomic mass is 35.5. The van der Waals surface area contributed by atoms with Crippen molar-refractivity contribution in [3.05, 3.63) is 34.9 Å². The van der Waals surface area contributed by atoms with E-state index < -0.39 is 47.2 Å². The van der Waals surface area contributed by atoms with Gasteiger partial charge in [0.05, 0.1) is 23.8 Å². The van der Waals surface area contributed by atoms with Gasteiger partial charge < -0.3 is 10.5 Å². The molecule has 0 radical (unpaired) electrons. The van der Waals surface area contributed by atoms with Crippen LogP contribution in [0, 0.1) is 0 Å². The van der Waals surface area contributed by atoms with Crippen molar-refractivity contribution in [2.75, 3.05) is 6.61 Å². The van der Waals surface area contributed by atoms with E-state index in [4.69, 9.17) is 5.73 Å². The third-order valence-electron chi connectivity index (χ3n) is 2.87. The Morgan fingerprint density at radius 2 is 1.71 bits per heavy atom. The number of nitrogens with two attached hydrogens (primary N) is 1. The molecule has 1 rings (SSSR count). The Kier molecular flexibility index (Phi) is 7.50. The van der Waals surface area contributed by atoms with E-state index in [1.807, 2.05) is 0 Å². The molecule has 0 spiro atoms. The number of carbonyl (C=O) groups excluding carboxylic acids is 1. The Morgan fingerprint density at radius 3 is 2.12 bits per heavy atom. The van der Waals surface area contributed by atoms with Crippen LogP contribution in [0.5, 0.6) is 0 Å². The molecule has 0 heterocycles. The molecule has 2 N–H and O–H groups in total. The zero-order valence-electron chi connectivity index (χ0n) is 12.0. The molecule has 0 aliphatic carbocycles. The molecule has 1 unspecified atom stereocenters. The van der Waals surface area contributed by atoms with Crippen LogP contribution in [0.25, 0.3) is 0 Å². The standard InChI is InChI=1S/C13H12F7NO2.ClH/c1-2-23-11(22)9(14)10(21)7-5-6(12(15,16)17)3-4-8(7)13(18,19)20;/h3-5,9-10H,2,21H2,1H3;1H/t9?,10-;/m0./s1. The van der Waals surface area contributed by atoms with Crippen molar-refractivity contribution in [1.29, 1.82) is 0 Å². The normalized spacial score (nSPS) is 14.5. The first-order valence-corrected chi connectivity index (χ1v) is 6.24. The van der Waals surface area contributed by atoms with Crippen molar-refractivity contribution in [2.24, 2.45) is 5.73 Å². The first-order valence-electron chi connectivity index (χ1n) is 6.24. The molecule has 0 aliphatic heterocycles. The molecule has 1 aromatic rings. The van der Waals surface area contributed by atoms with Crippen LogP contribution in [0.1, 0.15) is 29.7 Å². The zero-order valence-corrected chi connectivity index (χ0v) is 12.9. The molecule has 0 bridgehead atoms. The summed E-state index contributed by atoms with van der Waals surface area (Å²) in [7, 11) is 0. The van der Waals surface area contributed by atoms with Gasteiger partial charge in [-0.05, 0) is 30.7 Å². The van der Waals surface area contributed by atoms with Gasteiger partial charge in [-0.25, -0.2) is 9.18 Å². The Hall–Kier alpha value is -1.55. The minimum absolute atomic E-state index is 0. The van der Waals surface area contributed by atoms with Gasteiger partial charge in [-0.1, -0.05) is 0 Å². The Labute approximate surface area is 138 Å². The quantitative estimate of drug-likeness (QED) is 0.630.